The Hall–Kier alpha value is -0.610. The number of hydrogen-bond acceptors (Lipinski definition) is 1. The molecule has 0 heterocycles. The van der Waals surface area contributed by atoms with Gasteiger partial charge in [0, 0.05) is 5.69 Å². The van der Waals surface area contributed by atoms with Crippen LogP contribution >= 0.6 is 27.5 Å². The summed E-state index contributed by atoms with van der Waals surface area (Å²) in [7, 11) is 0. The zero-order valence-electron chi connectivity index (χ0n) is 8.06. The quantitative estimate of drug-likeness (QED) is 0.848. The maximum absolute atomic E-state index is 12.8. The van der Waals surface area contributed by atoms with Crippen molar-refractivity contribution in [1.82, 2.24) is 0 Å². The van der Waals surface area contributed by atoms with Crippen LogP contribution in [0.4, 0.5) is 10.1 Å². The van der Waals surface area contributed by atoms with Gasteiger partial charge >= 0.3 is 0 Å². The van der Waals surface area contributed by atoms with E-state index in [9.17, 15) is 9.18 Å². The zero-order valence-corrected chi connectivity index (χ0v) is 10.4. The highest BCUT2D eigenvalue weighted by Gasteiger charge is 2.12. The van der Waals surface area contributed by atoms with Gasteiger partial charge in [-0.15, -0.1) is 0 Å². The molecular formula is C10H10BrClFNO. The standard InChI is InChI=1S/C10H10BrClFNO/c1-2-7(11)10(15)14-6-3-4-9(13)8(12)5-6/h3-5,7H,2H2,1H3,(H,14,15)/t7-/m0/s1. The van der Waals surface area contributed by atoms with Gasteiger partial charge in [0.25, 0.3) is 0 Å². The molecule has 0 aliphatic carbocycles. The van der Waals surface area contributed by atoms with Crippen LogP contribution in [-0.4, -0.2) is 10.7 Å². The van der Waals surface area contributed by atoms with Crippen LogP contribution in [-0.2, 0) is 4.79 Å². The van der Waals surface area contributed by atoms with Crippen LogP contribution in [0.15, 0.2) is 18.2 Å². The lowest BCUT2D eigenvalue weighted by atomic mass is 10.2. The van der Waals surface area contributed by atoms with Crippen molar-refractivity contribution in [3.8, 4) is 0 Å². The molecule has 0 unspecified atom stereocenters. The number of rotatable bonds is 3. The molecule has 1 N–H and O–H groups in total. The number of benzene rings is 1. The summed E-state index contributed by atoms with van der Waals surface area (Å²) in [5.74, 6) is -0.666. The van der Waals surface area contributed by atoms with E-state index in [1.807, 2.05) is 6.92 Å². The Balaban J connectivity index is 2.73. The second-order valence-electron chi connectivity index (χ2n) is 2.99. The topological polar surface area (TPSA) is 29.1 Å². The lowest BCUT2D eigenvalue weighted by Crippen LogP contribution is -2.21. The lowest BCUT2D eigenvalue weighted by Gasteiger charge is -2.08. The molecule has 0 saturated heterocycles. The van der Waals surface area contributed by atoms with Crippen LogP contribution in [0, 0.1) is 5.82 Å². The largest absolute Gasteiger partial charge is 0.325 e. The number of alkyl halides is 1. The van der Waals surface area contributed by atoms with E-state index >= 15 is 0 Å². The molecule has 1 atom stereocenters. The van der Waals surface area contributed by atoms with Crippen molar-refractivity contribution in [1.29, 1.82) is 0 Å². The first-order valence-corrected chi connectivity index (χ1v) is 5.74. The molecule has 0 radical (unpaired) electrons. The Kier molecular flexibility index (Phi) is 4.54. The second kappa shape index (κ2) is 5.47. The Morgan fingerprint density at radius 2 is 2.33 bits per heavy atom. The molecule has 0 fully saturated rings. The van der Waals surface area contributed by atoms with Crippen molar-refractivity contribution in [2.75, 3.05) is 5.32 Å². The third-order valence-electron chi connectivity index (χ3n) is 1.83. The molecule has 0 saturated carbocycles. The number of halogens is 3. The first-order valence-electron chi connectivity index (χ1n) is 4.44. The molecule has 0 aliphatic rings. The van der Waals surface area contributed by atoms with Crippen LogP contribution in [0.3, 0.4) is 0 Å². The molecule has 0 aromatic heterocycles. The van der Waals surface area contributed by atoms with Gasteiger partial charge in [0.15, 0.2) is 0 Å². The number of nitrogens with one attached hydrogen (secondary N) is 1. The van der Waals surface area contributed by atoms with Gasteiger partial charge in [-0.05, 0) is 24.6 Å². The van der Waals surface area contributed by atoms with E-state index in [1.165, 1.54) is 18.2 Å². The van der Waals surface area contributed by atoms with Crippen LogP contribution < -0.4 is 5.32 Å². The molecule has 82 valence electrons. The summed E-state index contributed by atoms with van der Waals surface area (Å²) in [6.07, 6.45) is 0.681. The van der Waals surface area contributed by atoms with E-state index in [-0.39, 0.29) is 15.8 Å². The van der Waals surface area contributed by atoms with Crippen molar-refractivity contribution < 1.29 is 9.18 Å². The minimum atomic E-state index is -0.499. The van der Waals surface area contributed by atoms with Crippen molar-refractivity contribution in [2.24, 2.45) is 0 Å². The van der Waals surface area contributed by atoms with Crippen molar-refractivity contribution in [3.63, 3.8) is 0 Å². The summed E-state index contributed by atoms with van der Waals surface area (Å²) in [5, 5.41) is 2.62. The van der Waals surface area contributed by atoms with E-state index in [0.29, 0.717) is 12.1 Å². The number of carbonyl (C=O) groups excluding carboxylic acids is 1. The number of amides is 1. The molecule has 5 heteroatoms. The SMILES string of the molecule is CC[C@H](Br)C(=O)Nc1ccc(F)c(Cl)c1. The molecule has 1 amide bonds. The van der Waals surface area contributed by atoms with E-state index in [0.717, 1.165) is 0 Å². The highest BCUT2D eigenvalue weighted by molar-refractivity contribution is 9.10. The fourth-order valence-corrected chi connectivity index (χ4v) is 1.27. The predicted octanol–water partition coefficient (Wildman–Crippen LogP) is 3.59. The molecule has 1 rings (SSSR count). The predicted molar refractivity (Wildman–Crippen MR) is 63.0 cm³/mol. The molecule has 0 aliphatic heterocycles. The van der Waals surface area contributed by atoms with Gasteiger partial charge in [-0.25, -0.2) is 4.39 Å². The number of hydrogen-bond donors (Lipinski definition) is 1. The highest BCUT2D eigenvalue weighted by atomic mass is 79.9. The van der Waals surface area contributed by atoms with E-state index in [1.54, 1.807) is 0 Å². The second-order valence-corrected chi connectivity index (χ2v) is 4.51. The summed E-state index contributed by atoms with van der Waals surface area (Å²) < 4.78 is 12.8. The van der Waals surface area contributed by atoms with Gasteiger partial charge in [-0.3, -0.25) is 4.79 Å². The Morgan fingerprint density at radius 3 is 2.87 bits per heavy atom. The van der Waals surface area contributed by atoms with Crippen LogP contribution in [0.5, 0.6) is 0 Å². The first kappa shape index (κ1) is 12.5. The Bertz CT molecular complexity index is 372. The first-order chi connectivity index (χ1) is 7.04. The van der Waals surface area contributed by atoms with Gasteiger partial charge in [-0.2, -0.15) is 0 Å². The van der Waals surface area contributed by atoms with Gasteiger partial charge in [0.2, 0.25) is 5.91 Å². The van der Waals surface area contributed by atoms with E-state index in [4.69, 9.17) is 11.6 Å². The fraction of sp³-hybridized carbons (Fsp3) is 0.300. The summed E-state index contributed by atoms with van der Waals surface area (Å²) >= 11 is 8.79. The number of carbonyl (C=O) groups is 1. The van der Waals surface area contributed by atoms with E-state index in [2.05, 4.69) is 21.2 Å². The van der Waals surface area contributed by atoms with Gasteiger partial charge < -0.3 is 5.32 Å². The summed E-state index contributed by atoms with van der Waals surface area (Å²) in [6, 6.07) is 4.06. The maximum atomic E-state index is 12.8. The van der Waals surface area contributed by atoms with Gasteiger partial charge in [0.05, 0.1) is 9.85 Å². The molecule has 1 aromatic carbocycles. The van der Waals surface area contributed by atoms with Gasteiger partial charge in [0.1, 0.15) is 5.82 Å². The number of anilines is 1. The summed E-state index contributed by atoms with van der Waals surface area (Å²) in [6.45, 7) is 1.89. The maximum Gasteiger partial charge on any atom is 0.238 e. The van der Waals surface area contributed by atoms with Gasteiger partial charge in [-0.1, -0.05) is 34.5 Å². The third kappa shape index (κ3) is 3.47. The van der Waals surface area contributed by atoms with Crippen molar-refractivity contribution in [3.05, 3.63) is 29.0 Å². The van der Waals surface area contributed by atoms with Crippen LogP contribution in [0.2, 0.25) is 5.02 Å². The molecule has 0 bridgehead atoms. The fourth-order valence-electron chi connectivity index (χ4n) is 0.980. The van der Waals surface area contributed by atoms with Crippen LogP contribution in [0.25, 0.3) is 0 Å². The third-order valence-corrected chi connectivity index (χ3v) is 3.18. The Labute approximate surface area is 101 Å². The molecule has 2 nitrogen and oxygen atoms in total. The smallest absolute Gasteiger partial charge is 0.238 e. The zero-order chi connectivity index (χ0) is 11.4. The average Bonchev–Trinajstić information content (AvgIpc) is 2.22. The summed E-state index contributed by atoms with van der Waals surface area (Å²) in [4.78, 5) is 11.2. The Morgan fingerprint density at radius 1 is 1.67 bits per heavy atom. The van der Waals surface area contributed by atoms with E-state index < -0.39 is 5.82 Å². The molecule has 15 heavy (non-hydrogen) atoms. The minimum absolute atomic E-state index is 0.00424. The van der Waals surface area contributed by atoms with Crippen LogP contribution in [0.1, 0.15) is 13.3 Å². The minimum Gasteiger partial charge on any atom is -0.325 e. The molecule has 0 spiro atoms. The molecule has 1 aromatic rings. The normalized spacial score (nSPS) is 12.3. The lowest BCUT2D eigenvalue weighted by molar-refractivity contribution is -0.115. The molecular weight excluding hydrogens is 284 g/mol. The highest BCUT2D eigenvalue weighted by Crippen LogP contribution is 2.20. The van der Waals surface area contributed by atoms with Crippen molar-refractivity contribution in [2.45, 2.75) is 18.2 Å². The summed E-state index contributed by atoms with van der Waals surface area (Å²) in [5.41, 5.74) is 0.490. The monoisotopic (exact) mass is 293 g/mol. The average molecular weight is 295 g/mol. The van der Waals surface area contributed by atoms with Crippen molar-refractivity contribution >= 4 is 39.1 Å².